The lowest BCUT2D eigenvalue weighted by molar-refractivity contribution is -0.274. The van der Waals surface area contributed by atoms with Gasteiger partial charge in [0.15, 0.2) is 0 Å². The van der Waals surface area contributed by atoms with Crippen LogP contribution < -0.4 is 15.8 Å². The van der Waals surface area contributed by atoms with Crippen molar-refractivity contribution in [1.82, 2.24) is 0 Å². The van der Waals surface area contributed by atoms with Crippen LogP contribution >= 0.6 is 0 Å². The molecule has 17 heavy (non-hydrogen) atoms. The summed E-state index contributed by atoms with van der Waals surface area (Å²) in [6.07, 6.45) is -4.71. The van der Waals surface area contributed by atoms with Crippen LogP contribution in [0.4, 0.5) is 18.9 Å². The van der Waals surface area contributed by atoms with Gasteiger partial charge >= 0.3 is 6.36 Å². The third-order valence-corrected chi connectivity index (χ3v) is 1.90. The quantitative estimate of drug-likeness (QED) is 0.854. The van der Waals surface area contributed by atoms with Gasteiger partial charge in [-0.05, 0) is 31.2 Å². The summed E-state index contributed by atoms with van der Waals surface area (Å²) in [6.45, 7) is 1.54. The highest BCUT2D eigenvalue weighted by atomic mass is 19.4. The summed E-state index contributed by atoms with van der Waals surface area (Å²) in [4.78, 5) is 10.7. The van der Waals surface area contributed by atoms with Crippen LogP contribution in [0.5, 0.6) is 5.75 Å². The summed E-state index contributed by atoms with van der Waals surface area (Å²) < 4.78 is 39.3. The standard InChI is InChI=1S/C10H11F3N2O2/c1-6(9(14)16)15-7-2-4-8(5-3-7)17-10(11,12)13/h2-6,15H,1H3,(H2,14,16). The zero-order valence-corrected chi connectivity index (χ0v) is 8.91. The van der Waals surface area contributed by atoms with Gasteiger partial charge in [0.1, 0.15) is 11.8 Å². The molecule has 0 aliphatic rings. The van der Waals surface area contributed by atoms with Crippen LogP contribution in [0.2, 0.25) is 0 Å². The van der Waals surface area contributed by atoms with Crippen molar-refractivity contribution >= 4 is 11.6 Å². The maximum absolute atomic E-state index is 11.9. The van der Waals surface area contributed by atoms with E-state index in [1.807, 2.05) is 0 Å². The largest absolute Gasteiger partial charge is 0.573 e. The van der Waals surface area contributed by atoms with E-state index in [1.54, 1.807) is 6.92 Å². The molecule has 3 N–H and O–H groups in total. The lowest BCUT2D eigenvalue weighted by atomic mass is 10.2. The number of benzene rings is 1. The fourth-order valence-corrected chi connectivity index (χ4v) is 1.07. The number of carbonyl (C=O) groups excluding carboxylic acids is 1. The van der Waals surface area contributed by atoms with Crippen molar-refractivity contribution in [2.45, 2.75) is 19.3 Å². The van der Waals surface area contributed by atoms with Gasteiger partial charge in [0.25, 0.3) is 0 Å². The Labute approximate surface area is 95.6 Å². The van der Waals surface area contributed by atoms with Crippen LogP contribution in [0.15, 0.2) is 24.3 Å². The Balaban J connectivity index is 2.65. The van der Waals surface area contributed by atoms with E-state index in [1.165, 1.54) is 12.1 Å². The molecule has 0 aromatic heterocycles. The molecule has 0 spiro atoms. The van der Waals surface area contributed by atoms with E-state index >= 15 is 0 Å². The van der Waals surface area contributed by atoms with Crippen LogP contribution in [0.1, 0.15) is 6.92 Å². The number of nitrogens with one attached hydrogen (secondary N) is 1. The van der Waals surface area contributed by atoms with E-state index in [4.69, 9.17) is 5.73 Å². The zero-order valence-electron chi connectivity index (χ0n) is 8.91. The first-order chi connectivity index (χ1) is 7.78. The van der Waals surface area contributed by atoms with Crippen molar-refractivity contribution in [3.05, 3.63) is 24.3 Å². The average Bonchev–Trinajstić information content (AvgIpc) is 2.18. The fourth-order valence-electron chi connectivity index (χ4n) is 1.07. The molecule has 0 bridgehead atoms. The van der Waals surface area contributed by atoms with Gasteiger partial charge in [-0.3, -0.25) is 4.79 Å². The first-order valence-corrected chi connectivity index (χ1v) is 4.69. The highest BCUT2D eigenvalue weighted by Crippen LogP contribution is 2.24. The maximum Gasteiger partial charge on any atom is 0.573 e. The Bertz CT molecular complexity index is 390. The second-order valence-corrected chi connectivity index (χ2v) is 3.34. The minimum Gasteiger partial charge on any atom is -0.406 e. The van der Waals surface area contributed by atoms with E-state index in [9.17, 15) is 18.0 Å². The van der Waals surface area contributed by atoms with E-state index in [0.29, 0.717) is 5.69 Å². The molecule has 1 rings (SSSR count). The molecule has 7 heteroatoms. The Morgan fingerprint density at radius 1 is 1.35 bits per heavy atom. The molecule has 0 heterocycles. The molecule has 1 aromatic rings. The van der Waals surface area contributed by atoms with E-state index in [-0.39, 0.29) is 5.75 Å². The lowest BCUT2D eigenvalue weighted by Gasteiger charge is -2.13. The Kier molecular flexibility index (Phi) is 3.82. The Morgan fingerprint density at radius 3 is 2.29 bits per heavy atom. The SMILES string of the molecule is CC(Nc1ccc(OC(F)(F)F)cc1)C(N)=O. The number of carbonyl (C=O) groups is 1. The number of alkyl halides is 3. The molecule has 1 aromatic carbocycles. The van der Waals surface area contributed by atoms with Gasteiger partial charge in [0.05, 0.1) is 0 Å². The number of anilines is 1. The van der Waals surface area contributed by atoms with Crippen molar-refractivity contribution in [2.24, 2.45) is 5.73 Å². The second-order valence-electron chi connectivity index (χ2n) is 3.34. The lowest BCUT2D eigenvalue weighted by Crippen LogP contribution is -2.32. The van der Waals surface area contributed by atoms with Crippen LogP contribution in [0.25, 0.3) is 0 Å². The summed E-state index contributed by atoms with van der Waals surface area (Å²) in [5.74, 6) is -0.879. The second kappa shape index (κ2) is 4.94. The molecule has 0 saturated carbocycles. The number of primary amides is 1. The fraction of sp³-hybridized carbons (Fsp3) is 0.300. The number of amides is 1. The number of nitrogens with two attached hydrogens (primary N) is 1. The molecule has 4 nitrogen and oxygen atoms in total. The smallest absolute Gasteiger partial charge is 0.406 e. The van der Waals surface area contributed by atoms with Crippen LogP contribution in [0.3, 0.4) is 0 Å². The van der Waals surface area contributed by atoms with Crippen LogP contribution in [-0.4, -0.2) is 18.3 Å². The summed E-state index contributed by atoms with van der Waals surface area (Å²) >= 11 is 0. The summed E-state index contributed by atoms with van der Waals surface area (Å²) in [6, 6.07) is 4.40. The number of rotatable bonds is 4. The predicted octanol–water partition coefficient (Wildman–Crippen LogP) is 1.87. The van der Waals surface area contributed by atoms with Crippen molar-refractivity contribution in [3.8, 4) is 5.75 Å². The van der Waals surface area contributed by atoms with E-state index < -0.39 is 18.3 Å². The minimum absolute atomic E-state index is 0.324. The highest BCUT2D eigenvalue weighted by Gasteiger charge is 2.30. The molecule has 0 radical (unpaired) electrons. The normalized spacial score (nSPS) is 12.9. The maximum atomic E-state index is 11.9. The summed E-state index contributed by atoms with van der Waals surface area (Å²) in [7, 11) is 0. The first-order valence-electron chi connectivity index (χ1n) is 4.69. The number of ether oxygens (including phenoxy) is 1. The monoisotopic (exact) mass is 248 g/mol. The molecule has 94 valence electrons. The third-order valence-electron chi connectivity index (χ3n) is 1.90. The van der Waals surface area contributed by atoms with E-state index in [0.717, 1.165) is 12.1 Å². The molecule has 0 aliphatic carbocycles. The Morgan fingerprint density at radius 2 is 1.88 bits per heavy atom. The van der Waals surface area contributed by atoms with Gasteiger partial charge in [0, 0.05) is 5.69 Å². The topological polar surface area (TPSA) is 64.3 Å². The minimum atomic E-state index is -4.71. The summed E-state index contributed by atoms with van der Waals surface area (Å²) in [5.41, 5.74) is 5.50. The van der Waals surface area contributed by atoms with Gasteiger partial charge in [-0.2, -0.15) is 0 Å². The van der Waals surface area contributed by atoms with Crippen molar-refractivity contribution < 1.29 is 22.7 Å². The Hall–Kier alpha value is -1.92. The molecule has 0 saturated heterocycles. The third kappa shape index (κ3) is 4.62. The molecule has 0 aliphatic heterocycles. The van der Waals surface area contributed by atoms with Gasteiger partial charge in [0.2, 0.25) is 5.91 Å². The van der Waals surface area contributed by atoms with Gasteiger partial charge in [-0.15, -0.1) is 13.2 Å². The van der Waals surface area contributed by atoms with E-state index in [2.05, 4.69) is 10.1 Å². The average molecular weight is 248 g/mol. The molecular weight excluding hydrogens is 237 g/mol. The highest BCUT2D eigenvalue weighted by molar-refractivity contribution is 5.82. The molecule has 1 atom stereocenters. The predicted molar refractivity (Wildman–Crippen MR) is 55.4 cm³/mol. The van der Waals surface area contributed by atoms with Gasteiger partial charge in [-0.25, -0.2) is 0 Å². The number of hydrogen-bond donors (Lipinski definition) is 2. The number of hydrogen-bond acceptors (Lipinski definition) is 3. The zero-order chi connectivity index (χ0) is 13.1. The van der Waals surface area contributed by atoms with Gasteiger partial charge in [-0.1, -0.05) is 0 Å². The summed E-state index contributed by atoms with van der Waals surface area (Å²) in [5, 5.41) is 2.72. The molecule has 1 amide bonds. The van der Waals surface area contributed by atoms with Crippen molar-refractivity contribution in [1.29, 1.82) is 0 Å². The van der Waals surface area contributed by atoms with Crippen molar-refractivity contribution in [2.75, 3.05) is 5.32 Å². The van der Waals surface area contributed by atoms with Crippen LogP contribution in [-0.2, 0) is 4.79 Å². The molecular formula is C10H11F3N2O2. The van der Waals surface area contributed by atoms with Crippen molar-refractivity contribution in [3.63, 3.8) is 0 Å². The first kappa shape index (κ1) is 13.1. The molecule has 1 unspecified atom stereocenters. The van der Waals surface area contributed by atoms with Crippen LogP contribution in [0, 0.1) is 0 Å². The molecule has 0 fully saturated rings. The number of halogens is 3. The van der Waals surface area contributed by atoms with Gasteiger partial charge < -0.3 is 15.8 Å².